The van der Waals surface area contributed by atoms with Gasteiger partial charge in [0, 0.05) is 61.5 Å². The van der Waals surface area contributed by atoms with Gasteiger partial charge in [-0.15, -0.1) is 0 Å². The molecule has 3 aromatic carbocycles. The van der Waals surface area contributed by atoms with E-state index in [2.05, 4.69) is 10.6 Å². The van der Waals surface area contributed by atoms with Gasteiger partial charge < -0.3 is 30.5 Å². The third-order valence-corrected chi connectivity index (χ3v) is 8.88. The molecule has 248 valence electrons. The lowest BCUT2D eigenvalue weighted by Crippen LogP contribution is -2.52. The van der Waals surface area contributed by atoms with Crippen LogP contribution in [-0.2, 0) is 34.0 Å². The van der Waals surface area contributed by atoms with Crippen molar-refractivity contribution in [2.45, 2.75) is 56.3 Å². The lowest BCUT2D eigenvalue weighted by molar-refractivity contribution is -0.149. The maximum Gasteiger partial charge on any atom is 0.404 e. The van der Waals surface area contributed by atoms with Gasteiger partial charge in [-0.05, 0) is 53.9 Å². The minimum atomic E-state index is -2.49. The monoisotopic (exact) mass is 660 g/mol. The van der Waals surface area contributed by atoms with Crippen LogP contribution in [0.1, 0.15) is 41.2 Å². The molecule has 15 heteroatoms. The zero-order valence-electron chi connectivity index (χ0n) is 24.6. The minimum absolute atomic E-state index is 0.0226. The van der Waals surface area contributed by atoms with Crippen LogP contribution in [0.2, 0.25) is 0 Å². The number of benzene rings is 3. The average molecular weight is 661 g/mol. The van der Waals surface area contributed by atoms with Gasteiger partial charge >= 0.3 is 6.09 Å². The number of aliphatic hydroxyl groups is 1. The van der Waals surface area contributed by atoms with Gasteiger partial charge in [0.25, 0.3) is 11.8 Å². The van der Waals surface area contributed by atoms with Crippen LogP contribution in [0.5, 0.6) is 0 Å². The van der Waals surface area contributed by atoms with E-state index in [9.17, 15) is 46.5 Å². The van der Waals surface area contributed by atoms with E-state index in [0.29, 0.717) is 30.9 Å². The molecule has 0 saturated carbocycles. The van der Waals surface area contributed by atoms with E-state index in [1.807, 2.05) is 4.90 Å². The van der Waals surface area contributed by atoms with Crippen LogP contribution in [0.4, 0.5) is 32.4 Å². The number of rotatable bonds is 7. The first-order valence-corrected chi connectivity index (χ1v) is 14.7. The van der Waals surface area contributed by atoms with Crippen LogP contribution in [0.3, 0.4) is 0 Å². The number of hydrogen-bond donors (Lipinski definition) is 4. The first-order valence-electron chi connectivity index (χ1n) is 14.7. The molecule has 2 saturated heterocycles. The molecule has 3 heterocycles. The second-order valence-electron chi connectivity index (χ2n) is 11.8. The molecule has 0 spiro atoms. The molecule has 2 fully saturated rings. The average Bonchev–Trinajstić information content (AvgIpc) is 3.59. The Labute approximate surface area is 264 Å². The Kier molecular flexibility index (Phi) is 8.63. The van der Waals surface area contributed by atoms with E-state index >= 15 is 0 Å². The molecule has 47 heavy (non-hydrogen) atoms. The highest BCUT2D eigenvalue weighted by atomic mass is 19.2. The molecule has 4 N–H and O–H groups in total. The summed E-state index contributed by atoms with van der Waals surface area (Å²) < 4.78 is 75.4. The first-order chi connectivity index (χ1) is 22.3. The van der Waals surface area contributed by atoms with Crippen molar-refractivity contribution in [2.75, 3.05) is 18.1 Å². The third kappa shape index (κ3) is 6.25. The molecule has 10 nitrogen and oxygen atoms in total. The Balaban J connectivity index is 1.12. The number of amides is 3. The van der Waals surface area contributed by atoms with E-state index in [1.165, 1.54) is 4.90 Å². The summed E-state index contributed by atoms with van der Waals surface area (Å²) in [6.07, 6.45) is -2.42. The highest BCUT2D eigenvalue weighted by Crippen LogP contribution is 2.37. The summed E-state index contributed by atoms with van der Waals surface area (Å²) in [7, 11) is 0. The van der Waals surface area contributed by atoms with E-state index in [4.69, 9.17) is 4.74 Å². The number of carboxylic acid groups (broad SMARTS) is 1. The summed E-state index contributed by atoms with van der Waals surface area (Å²) >= 11 is 0. The molecule has 1 unspecified atom stereocenters. The predicted octanol–water partition coefficient (Wildman–Crippen LogP) is 3.65. The summed E-state index contributed by atoms with van der Waals surface area (Å²) in [5.41, 5.74) is -0.912. The van der Waals surface area contributed by atoms with Gasteiger partial charge in [0.15, 0.2) is 11.6 Å². The highest BCUT2D eigenvalue weighted by Gasteiger charge is 2.52. The number of ether oxygens (including phenoxy) is 1. The molecule has 3 amide bonds. The first kappa shape index (κ1) is 32.3. The Hall–Kier alpha value is -4.60. The standard InChI is InChI=1S/C32H29F5N4O6/c33-19-2-4-24(35)23(9-19)28-26(39-31(44)45)11-22(15-47-28)40-13-16-1-3-21(8-18(16)14-40)41-6-5-32(46,30(41)43)29(42)38-12-17-7-20(34)10-25(36)27(17)37/h1-4,7-10,22,26,28,39,46H,5-6,11-15H2,(H,38,42)(H,44,45)/t22-,26+,28-,32?/m1/s1. The van der Waals surface area contributed by atoms with Crippen molar-refractivity contribution in [1.82, 2.24) is 15.5 Å². The molecular weight excluding hydrogens is 631 g/mol. The van der Waals surface area contributed by atoms with Crippen LogP contribution in [0, 0.1) is 29.1 Å². The summed E-state index contributed by atoms with van der Waals surface area (Å²) in [5.74, 6) is -7.32. The van der Waals surface area contributed by atoms with Crippen LogP contribution in [0.15, 0.2) is 48.5 Å². The van der Waals surface area contributed by atoms with E-state index in [0.717, 1.165) is 29.3 Å². The summed E-state index contributed by atoms with van der Waals surface area (Å²) in [5, 5.41) is 25.0. The fourth-order valence-electron chi connectivity index (χ4n) is 6.46. The van der Waals surface area contributed by atoms with Gasteiger partial charge in [-0.2, -0.15) is 0 Å². The summed E-state index contributed by atoms with van der Waals surface area (Å²) in [6, 6.07) is 7.98. The summed E-state index contributed by atoms with van der Waals surface area (Å²) in [4.78, 5) is 40.9. The van der Waals surface area contributed by atoms with E-state index in [-0.39, 0.29) is 37.6 Å². The van der Waals surface area contributed by atoms with E-state index in [1.54, 1.807) is 18.2 Å². The second kappa shape index (κ2) is 12.5. The topological polar surface area (TPSA) is 131 Å². The van der Waals surface area contributed by atoms with Crippen LogP contribution in [0.25, 0.3) is 0 Å². The van der Waals surface area contributed by atoms with Crippen molar-refractivity contribution in [3.8, 4) is 0 Å². The molecule has 3 aliphatic rings. The Morgan fingerprint density at radius 2 is 1.72 bits per heavy atom. The minimum Gasteiger partial charge on any atom is -0.465 e. The molecule has 0 radical (unpaired) electrons. The molecule has 3 aliphatic heterocycles. The molecule has 0 aromatic heterocycles. The smallest absolute Gasteiger partial charge is 0.404 e. The number of carbonyl (C=O) groups excluding carboxylic acids is 2. The van der Waals surface area contributed by atoms with Gasteiger partial charge in [0.05, 0.1) is 12.6 Å². The lowest BCUT2D eigenvalue weighted by Gasteiger charge is -2.40. The van der Waals surface area contributed by atoms with Crippen LogP contribution in [-0.4, -0.2) is 63.9 Å². The van der Waals surface area contributed by atoms with Crippen molar-refractivity contribution in [3.05, 3.63) is 99.9 Å². The third-order valence-electron chi connectivity index (χ3n) is 8.88. The fourth-order valence-corrected chi connectivity index (χ4v) is 6.46. The highest BCUT2D eigenvalue weighted by molar-refractivity contribution is 6.16. The van der Waals surface area contributed by atoms with Crippen molar-refractivity contribution in [1.29, 1.82) is 0 Å². The zero-order chi connectivity index (χ0) is 33.6. The molecular formula is C32H29F5N4O6. The van der Waals surface area contributed by atoms with Crippen molar-refractivity contribution < 1.29 is 51.3 Å². The number of carbonyl (C=O) groups is 3. The zero-order valence-corrected chi connectivity index (χ0v) is 24.6. The number of anilines is 1. The molecule has 6 rings (SSSR count). The van der Waals surface area contributed by atoms with E-state index < -0.39 is 76.8 Å². The normalized spacial score (nSPS) is 24.3. The Bertz CT molecular complexity index is 1760. The van der Waals surface area contributed by atoms with Crippen molar-refractivity contribution in [2.24, 2.45) is 0 Å². The lowest BCUT2D eigenvalue weighted by atomic mass is 9.92. The van der Waals surface area contributed by atoms with Gasteiger partial charge in [0.1, 0.15) is 23.6 Å². The SMILES string of the molecule is O=C(O)N[C@H]1C[C@@H](N2Cc3ccc(N4CCC(O)(C(=O)NCc5cc(F)cc(F)c5F)C4=O)cc3C2)CO[C@@H]1c1cc(F)ccc1F. The van der Waals surface area contributed by atoms with Gasteiger partial charge in [-0.25, -0.2) is 26.7 Å². The Morgan fingerprint density at radius 1 is 0.957 bits per heavy atom. The van der Waals surface area contributed by atoms with Gasteiger partial charge in [-0.3, -0.25) is 14.5 Å². The second-order valence-corrected chi connectivity index (χ2v) is 11.8. The predicted molar refractivity (Wildman–Crippen MR) is 154 cm³/mol. The van der Waals surface area contributed by atoms with Gasteiger partial charge in [-0.1, -0.05) is 6.07 Å². The maximum atomic E-state index is 14.5. The molecule has 4 atom stereocenters. The Morgan fingerprint density at radius 3 is 2.49 bits per heavy atom. The largest absolute Gasteiger partial charge is 0.465 e. The number of hydrogen-bond acceptors (Lipinski definition) is 6. The fraction of sp³-hybridized carbons (Fsp3) is 0.344. The number of fused-ring (bicyclic) bond motifs is 1. The molecule has 0 bridgehead atoms. The quantitative estimate of drug-likeness (QED) is 0.173. The van der Waals surface area contributed by atoms with Gasteiger partial charge in [0.2, 0.25) is 5.60 Å². The number of nitrogens with zero attached hydrogens (tertiary/aromatic N) is 2. The number of halogens is 5. The molecule has 0 aliphatic carbocycles. The van der Waals surface area contributed by atoms with Crippen LogP contribution >= 0.6 is 0 Å². The summed E-state index contributed by atoms with van der Waals surface area (Å²) in [6.45, 7) is 0.275. The van der Waals surface area contributed by atoms with Crippen molar-refractivity contribution >= 4 is 23.6 Å². The molecule has 3 aromatic rings. The maximum absolute atomic E-state index is 14.5. The van der Waals surface area contributed by atoms with Crippen molar-refractivity contribution in [3.63, 3.8) is 0 Å². The van der Waals surface area contributed by atoms with Crippen LogP contribution < -0.4 is 15.5 Å². The number of nitrogens with one attached hydrogen (secondary N) is 2.